The summed E-state index contributed by atoms with van der Waals surface area (Å²) in [6, 6.07) is 14.0. The number of hydrogen-bond donors (Lipinski definition) is 3. The highest BCUT2D eigenvalue weighted by molar-refractivity contribution is 6.00. The molecule has 0 radical (unpaired) electrons. The van der Waals surface area contributed by atoms with Crippen LogP contribution in [0.4, 0.5) is 23.3 Å². The summed E-state index contributed by atoms with van der Waals surface area (Å²) in [6.07, 6.45) is 0. The number of ether oxygens (including phenoxy) is 1. The smallest absolute Gasteiger partial charge is 0.222 e. The molecule has 0 saturated heterocycles. The number of aromatic nitrogens is 4. The largest absolute Gasteiger partial charge is 0.454 e. The molecular formula is C21H21N7O. The molecule has 0 unspecified atom stereocenters. The van der Waals surface area contributed by atoms with Gasteiger partial charge in [-0.1, -0.05) is 12.1 Å². The molecule has 146 valence electrons. The van der Waals surface area contributed by atoms with Gasteiger partial charge in [-0.25, -0.2) is 4.98 Å². The third-order valence-corrected chi connectivity index (χ3v) is 5.15. The zero-order valence-electron chi connectivity index (χ0n) is 16.4. The van der Waals surface area contributed by atoms with E-state index in [0.717, 1.165) is 45.2 Å². The van der Waals surface area contributed by atoms with Crippen LogP contribution in [0, 0.1) is 0 Å². The molecule has 0 amide bonds. The second-order valence-corrected chi connectivity index (χ2v) is 7.37. The number of fused-ring (bicyclic) bond motifs is 1. The molecule has 0 bridgehead atoms. The third-order valence-electron chi connectivity index (χ3n) is 5.15. The molecule has 1 aliphatic rings. The van der Waals surface area contributed by atoms with E-state index in [0.29, 0.717) is 5.75 Å². The van der Waals surface area contributed by atoms with Gasteiger partial charge in [-0.3, -0.25) is 5.10 Å². The van der Waals surface area contributed by atoms with Gasteiger partial charge in [-0.2, -0.15) is 10.1 Å². The molecule has 8 nitrogen and oxygen atoms in total. The van der Waals surface area contributed by atoms with Crippen molar-refractivity contribution in [3.63, 3.8) is 0 Å². The lowest BCUT2D eigenvalue weighted by Crippen LogP contribution is -2.27. The first kappa shape index (κ1) is 17.3. The average Bonchev–Trinajstić information content (AvgIpc) is 3.03. The minimum absolute atomic E-state index is 0.231. The van der Waals surface area contributed by atoms with Crippen LogP contribution in [0.2, 0.25) is 0 Å². The number of anilines is 4. The van der Waals surface area contributed by atoms with Gasteiger partial charge in [-0.15, -0.1) is 0 Å². The normalized spacial score (nSPS) is 12.3. The number of nitrogens with two attached hydrogens (primary N) is 1. The zero-order chi connectivity index (χ0) is 20.1. The van der Waals surface area contributed by atoms with Gasteiger partial charge < -0.3 is 20.7 Å². The molecular weight excluding hydrogens is 366 g/mol. The maximum Gasteiger partial charge on any atom is 0.222 e. The van der Waals surface area contributed by atoms with Crippen LogP contribution in [-0.2, 0) is 0 Å². The van der Waals surface area contributed by atoms with Crippen LogP contribution >= 0.6 is 0 Å². The van der Waals surface area contributed by atoms with Crippen molar-refractivity contribution in [3.8, 4) is 22.8 Å². The number of benzene rings is 2. The maximum absolute atomic E-state index is 6.23. The Balaban J connectivity index is 1.67. The molecule has 0 spiro atoms. The molecule has 29 heavy (non-hydrogen) atoms. The first-order valence-electron chi connectivity index (χ1n) is 9.43. The molecule has 8 heteroatoms. The monoisotopic (exact) mass is 387 g/mol. The lowest BCUT2D eigenvalue weighted by molar-refractivity contribution is 0.492. The van der Waals surface area contributed by atoms with Crippen LogP contribution in [0.3, 0.4) is 0 Å². The lowest BCUT2D eigenvalue weighted by Gasteiger charge is -2.23. The number of nitrogens with one attached hydrogen (secondary N) is 2. The fraction of sp³-hybridized carbons (Fsp3) is 0.190. The van der Waals surface area contributed by atoms with Gasteiger partial charge in [0.25, 0.3) is 0 Å². The summed E-state index contributed by atoms with van der Waals surface area (Å²) in [6.45, 7) is 4.20. The number of hydrogen-bond acceptors (Lipinski definition) is 7. The number of rotatable bonds is 3. The highest BCUT2D eigenvalue weighted by atomic mass is 16.5. The van der Waals surface area contributed by atoms with Crippen molar-refractivity contribution in [3.05, 3.63) is 42.5 Å². The van der Waals surface area contributed by atoms with Crippen LogP contribution in [0.15, 0.2) is 42.5 Å². The Morgan fingerprint density at radius 3 is 2.72 bits per heavy atom. The number of para-hydroxylation sites is 2. The second kappa shape index (κ2) is 6.37. The van der Waals surface area contributed by atoms with E-state index in [1.165, 1.54) is 0 Å². The summed E-state index contributed by atoms with van der Waals surface area (Å²) in [4.78, 5) is 10.9. The first-order valence-corrected chi connectivity index (χ1v) is 9.43. The van der Waals surface area contributed by atoms with Crippen molar-refractivity contribution in [1.82, 2.24) is 20.2 Å². The Morgan fingerprint density at radius 2 is 1.90 bits per heavy atom. The van der Waals surface area contributed by atoms with Crippen molar-refractivity contribution in [2.75, 3.05) is 23.0 Å². The zero-order valence-corrected chi connectivity index (χ0v) is 16.4. The van der Waals surface area contributed by atoms with E-state index in [4.69, 9.17) is 10.5 Å². The van der Waals surface area contributed by atoms with Crippen LogP contribution in [0.1, 0.15) is 13.8 Å². The summed E-state index contributed by atoms with van der Waals surface area (Å²) >= 11 is 0. The van der Waals surface area contributed by atoms with Gasteiger partial charge in [0.15, 0.2) is 11.6 Å². The van der Waals surface area contributed by atoms with Crippen LogP contribution in [-0.4, -0.2) is 33.3 Å². The Morgan fingerprint density at radius 1 is 1.07 bits per heavy atom. The molecule has 2 aromatic heterocycles. The molecule has 4 aromatic rings. The third kappa shape index (κ3) is 2.89. The molecule has 2 aromatic carbocycles. The summed E-state index contributed by atoms with van der Waals surface area (Å²) < 4.78 is 6.23. The number of aromatic amines is 1. The standard InChI is InChI=1S/C21H21N7O/c1-11(2)28(3)18-10-14(24-21(22)25-18)12-8-15-19-17(9-12)29-16-7-5-4-6-13(16)23-20(19)27-26-15/h4-11H,1-3H3,(H2,22,24,25)(H2,23,26,27). The summed E-state index contributed by atoms with van der Waals surface area (Å²) in [5, 5.41) is 11.7. The van der Waals surface area contributed by atoms with Crippen LogP contribution < -0.4 is 20.7 Å². The van der Waals surface area contributed by atoms with Crippen molar-refractivity contribution >= 4 is 34.2 Å². The first-order chi connectivity index (χ1) is 14.0. The number of nitrogens with zero attached hydrogens (tertiary/aromatic N) is 4. The van der Waals surface area contributed by atoms with Gasteiger partial charge in [0.05, 0.1) is 22.3 Å². The molecule has 0 atom stereocenters. The summed E-state index contributed by atoms with van der Waals surface area (Å²) in [5.74, 6) is 3.18. The van der Waals surface area contributed by atoms with Gasteiger partial charge in [0, 0.05) is 24.7 Å². The molecule has 3 heterocycles. The van der Waals surface area contributed by atoms with E-state index < -0.39 is 0 Å². The minimum Gasteiger partial charge on any atom is -0.454 e. The van der Waals surface area contributed by atoms with Gasteiger partial charge in [0.1, 0.15) is 11.6 Å². The number of nitrogen functional groups attached to an aromatic ring is 1. The van der Waals surface area contributed by atoms with Crippen LogP contribution in [0.5, 0.6) is 11.5 Å². The molecule has 0 saturated carbocycles. The quantitative estimate of drug-likeness (QED) is 0.424. The fourth-order valence-corrected chi connectivity index (χ4v) is 3.39. The molecule has 5 rings (SSSR count). The Hall–Kier alpha value is -3.81. The predicted octanol–water partition coefficient (Wildman–Crippen LogP) is 4.30. The SMILES string of the molecule is CC(C)N(C)c1cc(-c2cc3c4c(n[nH]c4c2)Nc2ccccc2O3)nc(N)n1. The van der Waals surface area contributed by atoms with E-state index in [1.54, 1.807) is 0 Å². The highest BCUT2D eigenvalue weighted by Gasteiger charge is 2.21. The van der Waals surface area contributed by atoms with Gasteiger partial charge in [-0.05, 0) is 38.1 Å². The lowest BCUT2D eigenvalue weighted by atomic mass is 10.1. The maximum atomic E-state index is 6.23. The van der Waals surface area contributed by atoms with E-state index in [1.807, 2.05) is 49.5 Å². The Labute approximate surface area is 167 Å². The topological polar surface area (TPSA) is 105 Å². The molecule has 0 fully saturated rings. The minimum atomic E-state index is 0.231. The van der Waals surface area contributed by atoms with Crippen molar-refractivity contribution in [1.29, 1.82) is 0 Å². The van der Waals surface area contributed by atoms with Gasteiger partial charge in [0.2, 0.25) is 5.95 Å². The van der Waals surface area contributed by atoms with Crippen molar-refractivity contribution < 1.29 is 4.74 Å². The predicted molar refractivity (Wildman–Crippen MR) is 115 cm³/mol. The fourth-order valence-electron chi connectivity index (χ4n) is 3.39. The van der Waals surface area contributed by atoms with Crippen molar-refractivity contribution in [2.24, 2.45) is 0 Å². The molecule has 0 aliphatic carbocycles. The summed E-state index contributed by atoms with van der Waals surface area (Å²) in [5.41, 5.74) is 9.32. The number of H-pyrrole nitrogens is 1. The molecule has 4 N–H and O–H groups in total. The van der Waals surface area contributed by atoms with E-state index in [9.17, 15) is 0 Å². The Bertz CT molecular complexity index is 1230. The highest BCUT2D eigenvalue weighted by Crippen LogP contribution is 2.44. The molecule has 1 aliphatic heterocycles. The summed E-state index contributed by atoms with van der Waals surface area (Å²) in [7, 11) is 1.99. The van der Waals surface area contributed by atoms with E-state index in [2.05, 4.69) is 44.2 Å². The van der Waals surface area contributed by atoms with Crippen LogP contribution in [0.25, 0.3) is 22.2 Å². The van der Waals surface area contributed by atoms with Crippen molar-refractivity contribution in [2.45, 2.75) is 19.9 Å². The van der Waals surface area contributed by atoms with E-state index >= 15 is 0 Å². The second-order valence-electron chi connectivity index (χ2n) is 7.37. The Kier molecular flexibility index (Phi) is 3.80. The average molecular weight is 387 g/mol. The van der Waals surface area contributed by atoms with Gasteiger partial charge >= 0.3 is 0 Å². The van der Waals surface area contributed by atoms with E-state index in [-0.39, 0.29) is 12.0 Å².